The second-order valence-corrected chi connectivity index (χ2v) is 9.39. The van der Waals surface area contributed by atoms with E-state index in [0.717, 1.165) is 41.7 Å². The van der Waals surface area contributed by atoms with Crippen molar-refractivity contribution in [3.05, 3.63) is 88.4 Å². The number of amides is 3. The van der Waals surface area contributed by atoms with Crippen molar-refractivity contribution in [3.63, 3.8) is 0 Å². The van der Waals surface area contributed by atoms with Crippen LogP contribution in [0.25, 0.3) is 0 Å². The first-order valence-corrected chi connectivity index (χ1v) is 12.4. The molecule has 1 aliphatic heterocycles. The summed E-state index contributed by atoms with van der Waals surface area (Å²) in [6, 6.07) is 22.3. The number of carbonyl (C=O) groups excluding carboxylic acids is 2. The molecule has 6 nitrogen and oxygen atoms in total. The van der Waals surface area contributed by atoms with Crippen molar-refractivity contribution >= 4 is 44.9 Å². The second kappa shape index (κ2) is 11.2. The second-order valence-electron chi connectivity index (χ2n) is 8.47. The molecule has 176 valence electrons. The number of nitrogens with zero attached hydrogens (tertiary/aromatic N) is 1. The largest absolute Gasteiger partial charge is 0.371 e. The molecular weight excluding hydrogens is 492 g/mol. The molecule has 3 aromatic rings. The topological polar surface area (TPSA) is 73.5 Å². The van der Waals surface area contributed by atoms with E-state index in [9.17, 15) is 9.59 Å². The van der Waals surface area contributed by atoms with Crippen LogP contribution in [0.4, 0.5) is 21.9 Å². The number of anilines is 3. The summed E-state index contributed by atoms with van der Waals surface area (Å²) in [7, 11) is 0. The van der Waals surface area contributed by atoms with Gasteiger partial charge in [-0.1, -0.05) is 46.3 Å². The molecule has 4 rings (SSSR count). The van der Waals surface area contributed by atoms with Crippen molar-refractivity contribution in [2.45, 2.75) is 32.2 Å². The van der Waals surface area contributed by atoms with Crippen LogP contribution in [0.15, 0.2) is 77.3 Å². The summed E-state index contributed by atoms with van der Waals surface area (Å²) in [5.74, 6) is -0.158. The molecule has 1 saturated heterocycles. The van der Waals surface area contributed by atoms with E-state index in [-0.39, 0.29) is 18.0 Å². The van der Waals surface area contributed by atoms with Crippen LogP contribution in [0.5, 0.6) is 0 Å². The summed E-state index contributed by atoms with van der Waals surface area (Å²) in [4.78, 5) is 28.2. The average Bonchev–Trinajstić information content (AvgIpc) is 2.86. The molecule has 1 heterocycles. The molecule has 0 radical (unpaired) electrons. The standard InChI is InChI=1S/C27H29BrN4O2/c1-19(20-8-4-2-5-9-20)29-26(33)24-18-23(14-15-25(24)32-16-6-3-7-17-32)31-27(34)30-22-12-10-21(28)11-13-22/h2,4-5,8-15,18-19H,3,6-7,16-17H2,1H3,(H,29,33)(H2,30,31,34)/t19-/m0/s1. The van der Waals surface area contributed by atoms with Gasteiger partial charge < -0.3 is 20.9 Å². The fraction of sp³-hybridized carbons (Fsp3) is 0.259. The van der Waals surface area contributed by atoms with E-state index in [1.54, 1.807) is 6.07 Å². The van der Waals surface area contributed by atoms with Gasteiger partial charge in [-0.25, -0.2) is 4.79 Å². The minimum Gasteiger partial charge on any atom is -0.371 e. The Labute approximate surface area is 208 Å². The Morgan fingerprint density at radius 3 is 2.21 bits per heavy atom. The first kappa shape index (κ1) is 23.8. The zero-order valence-corrected chi connectivity index (χ0v) is 20.8. The van der Waals surface area contributed by atoms with Crippen molar-refractivity contribution in [2.24, 2.45) is 0 Å². The number of rotatable bonds is 6. The van der Waals surface area contributed by atoms with Crippen molar-refractivity contribution in [3.8, 4) is 0 Å². The zero-order chi connectivity index (χ0) is 23.9. The maximum absolute atomic E-state index is 13.4. The number of halogens is 1. The number of piperidine rings is 1. The minimum absolute atomic E-state index is 0.139. The maximum Gasteiger partial charge on any atom is 0.323 e. The van der Waals surface area contributed by atoms with Crippen LogP contribution in [0.1, 0.15) is 48.1 Å². The Morgan fingerprint density at radius 1 is 0.853 bits per heavy atom. The molecule has 0 saturated carbocycles. The Balaban J connectivity index is 1.54. The van der Waals surface area contributed by atoms with Gasteiger partial charge in [-0.2, -0.15) is 0 Å². The number of urea groups is 1. The quantitative estimate of drug-likeness (QED) is 0.343. The molecule has 3 aromatic carbocycles. The van der Waals surface area contributed by atoms with Crippen LogP contribution in [0.2, 0.25) is 0 Å². The van der Waals surface area contributed by atoms with E-state index in [2.05, 4.69) is 36.8 Å². The van der Waals surface area contributed by atoms with E-state index in [1.165, 1.54) is 6.42 Å². The van der Waals surface area contributed by atoms with Gasteiger partial charge in [0.15, 0.2) is 0 Å². The van der Waals surface area contributed by atoms with Crippen molar-refractivity contribution in [1.29, 1.82) is 0 Å². The SMILES string of the molecule is C[C@H](NC(=O)c1cc(NC(=O)Nc2ccc(Br)cc2)ccc1N1CCCCC1)c1ccccc1. The Hall–Kier alpha value is -3.32. The third-order valence-corrected chi connectivity index (χ3v) is 6.47. The average molecular weight is 521 g/mol. The lowest BCUT2D eigenvalue weighted by Crippen LogP contribution is -2.33. The lowest BCUT2D eigenvalue weighted by atomic mass is 10.0. The number of carbonyl (C=O) groups is 2. The molecule has 3 N–H and O–H groups in total. The van der Waals surface area contributed by atoms with Gasteiger partial charge in [-0.05, 0) is 74.2 Å². The van der Waals surface area contributed by atoms with Gasteiger partial charge >= 0.3 is 6.03 Å². The fourth-order valence-electron chi connectivity index (χ4n) is 4.13. The molecule has 0 spiro atoms. The minimum atomic E-state index is -0.364. The lowest BCUT2D eigenvalue weighted by molar-refractivity contribution is 0.0940. The summed E-state index contributed by atoms with van der Waals surface area (Å²) in [5.41, 5.74) is 3.74. The van der Waals surface area contributed by atoms with E-state index in [0.29, 0.717) is 16.9 Å². The van der Waals surface area contributed by atoms with Gasteiger partial charge in [0.2, 0.25) is 0 Å². The van der Waals surface area contributed by atoms with Gasteiger partial charge in [0.05, 0.1) is 11.6 Å². The highest BCUT2D eigenvalue weighted by Crippen LogP contribution is 2.28. The smallest absolute Gasteiger partial charge is 0.323 e. The van der Waals surface area contributed by atoms with Crippen LogP contribution in [-0.2, 0) is 0 Å². The van der Waals surface area contributed by atoms with E-state index in [1.807, 2.05) is 73.7 Å². The Kier molecular flexibility index (Phi) is 7.85. The number of hydrogen-bond acceptors (Lipinski definition) is 3. The summed E-state index contributed by atoms with van der Waals surface area (Å²) >= 11 is 3.39. The number of nitrogens with one attached hydrogen (secondary N) is 3. The van der Waals surface area contributed by atoms with Gasteiger partial charge in [-0.3, -0.25) is 4.79 Å². The van der Waals surface area contributed by atoms with Crippen LogP contribution in [-0.4, -0.2) is 25.0 Å². The first-order chi connectivity index (χ1) is 16.5. The van der Waals surface area contributed by atoms with Crippen LogP contribution in [0, 0.1) is 0 Å². The van der Waals surface area contributed by atoms with E-state index >= 15 is 0 Å². The number of hydrogen-bond donors (Lipinski definition) is 3. The zero-order valence-electron chi connectivity index (χ0n) is 19.2. The fourth-order valence-corrected chi connectivity index (χ4v) is 4.40. The predicted molar refractivity (Wildman–Crippen MR) is 142 cm³/mol. The van der Waals surface area contributed by atoms with Gasteiger partial charge in [0, 0.05) is 34.6 Å². The van der Waals surface area contributed by atoms with E-state index < -0.39 is 0 Å². The third kappa shape index (κ3) is 6.17. The van der Waals surface area contributed by atoms with Crippen LogP contribution >= 0.6 is 15.9 Å². The lowest BCUT2D eigenvalue weighted by Gasteiger charge is -2.31. The highest BCUT2D eigenvalue weighted by molar-refractivity contribution is 9.10. The molecule has 0 aromatic heterocycles. The molecule has 1 atom stereocenters. The normalized spacial score (nSPS) is 14.2. The third-order valence-electron chi connectivity index (χ3n) is 5.95. The Bertz CT molecular complexity index is 1130. The highest BCUT2D eigenvalue weighted by atomic mass is 79.9. The molecule has 0 bridgehead atoms. The van der Waals surface area contributed by atoms with Crippen LogP contribution < -0.4 is 20.9 Å². The molecule has 3 amide bonds. The van der Waals surface area contributed by atoms with Crippen molar-refractivity contribution < 1.29 is 9.59 Å². The summed E-state index contributed by atoms with van der Waals surface area (Å²) < 4.78 is 0.937. The van der Waals surface area contributed by atoms with Gasteiger partial charge in [-0.15, -0.1) is 0 Å². The summed E-state index contributed by atoms with van der Waals surface area (Å²) in [6.45, 7) is 3.82. The molecule has 0 aliphatic carbocycles. The highest BCUT2D eigenvalue weighted by Gasteiger charge is 2.21. The Morgan fingerprint density at radius 2 is 1.50 bits per heavy atom. The van der Waals surface area contributed by atoms with Crippen LogP contribution in [0.3, 0.4) is 0 Å². The van der Waals surface area contributed by atoms with Gasteiger partial charge in [0.1, 0.15) is 0 Å². The van der Waals surface area contributed by atoms with E-state index in [4.69, 9.17) is 0 Å². The molecule has 0 unspecified atom stereocenters. The predicted octanol–water partition coefficient (Wildman–Crippen LogP) is 6.57. The monoisotopic (exact) mass is 520 g/mol. The molecule has 34 heavy (non-hydrogen) atoms. The van der Waals surface area contributed by atoms with Crippen molar-refractivity contribution in [1.82, 2.24) is 5.32 Å². The molecule has 1 aliphatic rings. The summed E-state index contributed by atoms with van der Waals surface area (Å²) in [6.07, 6.45) is 3.42. The summed E-state index contributed by atoms with van der Waals surface area (Å²) in [5, 5.41) is 8.79. The molecule has 7 heteroatoms. The molecule has 1 fully saturated rings. The maximum atomic E-state index is 13.4. The molecular formula is C27H29BrN4O2. The number of benzene rings is 3. The van der Waals surface area contributed by atoms with Gasteiger partial charge in [0.25, 0.3) is 5.91 Å². The van der Waals surface area contributed by atoms with Crippen molar-refractivity contribution in [2.75, 3.05) is 28.6 Å². The first-order valence-electron chi connectivity index (χ1n) is 11.6.